The van der Waals surface area contributed by atoms with Gasteiger partial charge < -0.3 is 15.1 Å². The third kappa shape index (κ3) is 4.21. The molecular formula is C18H31N5. The van der Waals surface area contributed by atoms with E-state index in [2.05, 4.69) is 65.3 Å². The predicted molar refractivity (Wildman–Crippen MR) is 95.0 cm³/mol. The van der Waals surface area contributed by atoms with E-state index in [-0.39, 0.29) is 5.41 Å². The number of anilines is 1. The molecule has 0 aromatic carbocycles. The molecule has 1 aromatic rings. The van der Waals surface area contributed by atoms with Crippen molar-refractivity contribution in [3.05, 3.63) is 17.8 Å². The largest absolute Gasteiger partial charge is 0.354 e. The van der Waals surface area contributed by atoms with Gasteiger partial charge in [-0.25, -0.2) is 0 Å². The molecule has 2 aliphatic heterocycles. The molecule has 3 rings (SSSR count). The minimum atomic E-state index is 0.0704. The summed E-state index contributed by atoms with van der Waals surface area (Å²) in [5.41, 5.74) is 1.13. The van der Waals surface area contributed by atoms with Crippen LogP contribution in [0.25, 0.3) is 0 Å². The van der Waals surface area contributed by atoms with Crippen LogP contribution in [0.5, 0.6) is 0 Å². The Bertz CT molecular complexity index is 493. The van der Waals surface area contributed by atoms with Gasteiger partial charge in [-0.3, -0.25) is 0 Å². The number of aromatic nitrogens is 2. The number of rotatable bonds is 4. The molecule has 2 aliphatic rings. The first-order valence-electron chi connectivity index (χ1n) is 8.93. The summed E-state index contributed by atoms with van der Waals surface area (Å²) < 4.78 is 0. The molecule has 128 valence electrons. The van der Waals surface area contributed by atoms with Crippen LogP contribution >= 0.6 is 0 Å². The molecule has 0 saturated carbocycles. The van der Waals surface area contributed by atoms with E-state index in [0.717, 1.165) is 37.1 Å². The quantitative estimate of drug-likeness (QED) is 0.919. The molecule has 0 unspecified atom stereocenters. The van der Waals surface area contributed by atoms with E-state index in [1.54, 1.807) is 0 Å². The molecule has 3 heterocycles. The van der Waals surface area contributed by atoms with Gasteiger partial charge in [-0.15, -0.1) is 5.10 Å². The molecule has 0 spiro atoms. The van der Waals surface area contributed by atoms with Crippen molar-refractivity contribution in [2.45, 2.75) is 45.1 Å². The fraction of sp³-hybridized carbons (Fsp3) is 0.778. The van der Waals surface area contributed by atoms with Crippen molar-refractivity contribution in [3.63, 3.8) is 0 Å². The number of hydrogen-bond donors (Lipinski definition) is 1. The summed E-state index contributed by atoms with van der Waals surface area (Å²) in [6.45, 7) is 12.3. The number of likely N-dealkylation sites (tertiary alicyclic amines) is 1. The van der Waals surface area contributed by atoms with Gasteiger partial charge in [0.2, 0.25) is 0 Å². The van der Waals surface area contributed by atoms with Gasteiger partial charge in [0, 0.05) is 37.0 Å². The smallest absolute Gasteiger partial charge is 0.151 e. The highest BCUT2D eigenvalue weighted by Gasteiger charge is 2.29. The summed E-state index contributed by atoms with van der Waals surface area (Å²) >= 11 is 0. The lowest BCUT2D eigenvalue weighted by Gasteiger charge is -2.41. The first kappa shape index (κ1) is 16.7. The van der Waals surface area contributed by atoms with Crippen molar-refractivity contribution >= 4 is 5.82 Å². The Morgan fingerprint density at radius 3 is 2.39 bits per heavy atom. The highest BCUT2D eigenvalue weighted by molar-refractivity contribution is 5.41. The molecule has 0 amide bonds. The first-order valence-corrected chi connectivity index (χ1v) is 8.93. The van der Waals surface area contributed by atoms with Crippen LogP contribution in [-0.2, 0) is 5.41 Å². The Morgan fingerprint density at radius 2 is 1.83 bits per heavy atom. The summed E-state index contributed by atoms with van der Waals surface area (Å²) in [5, 5.41) is 12.6. The summed E-state index contributed by atoms with van der Waals surface area (Å²) in [6, 6.07) is 4.95. The standard InChI is InChI=1S/C18H31N5/c1-18(2,3)16-5-6-17(21-20-16)23-12-14(13-23)11-19-15-7-9-22(4)10-8-15/h5-6,14-15,19H,7-13H2,1-4H3. The topological polar surface area (TPSA) is 44.3 Å². The molecule has 0 radical (unpaired) electrons. The van der Waals surface area contributed by atoms with Gasteiger partial charge >= 0.3 is 0 Å². The monoisotopic (exact) mass is 317 g/mol. The lowest BCUT2D eigenvalue weighted by molar-refractivity contribution is 0.225. The SMILES string of the molecule is CN1CCC(NCC2CN(c3ccc(C(C)(C)C)nn3)C2)CC1. The van der Waals surface area contributed by atoms with Crippen molar-refractivity contribution in [2.24, 2.45) is 5.92 Å². The predicted octanol–water partition coefficient (Wildman–Crippen LogP) is 1.89. The summed E-state index contributed by atoms with van der Waals surface area (Å²) in [6.07, 6.45) is 2.57. The van der Waals surface area contributed by atoms with E-state index in [1.165, 1.54) is 25.9 Å². The van der Waals surface area contributed by atoms with Crippen molar-refractivity contribution in [3.8, 4) is 0 Å². The highest BCUT2D eigenvalue weighted by Crippen LogP contribution is 2.25. The molecule has 0 atom stereocenters. The van der Waals surface area contributed by atoms with Crippen LogP contribution < -0.4 is 10.2 Å². The highest BCUT2D eigenvalue weighted by atomic mass is 15.3. The van der Waals surface area contributed by atoms with Gasteiger partial charge in [-0.1, -0.05) is 20.8 Å². The molecule has 0 bridgehead atoms. The van der Waals surface area contributed by atoms with Gasteiger partial charge in [0.25, 0.3) is 0 Å². The third-order valence-electron chi connectivity index (χ3n) is 5.11. The maximum absolute atomic E-state index is 4.41. The zero-order valence-electron chi connectivity index (χ0n) is 15.0. The second kappa shape index (κ2) is 6.73. The molecule has 2 saturated heterocycles. The van der Waals surface area contributed by atoms with E-state index >= 15 is 0 Å². The average molecular weight is 317 g/mol. The zero-order chi connectivity index (χ0) is 16.4. The number of nitrogens with zero attached hydrogens (tertiary/aromatic N) is 4. The van der Waals surface area contributed by atoms with Crippen LogP contribution in [0.15, 0.2) is 12.1 Å². The van der Waals surface area contributed by atoms with Gasteiger partial charge in [-0.05, 0) is 45.1 Å². The average Bonchev–Trinajstić information content (AvgIpc) is 2.47. The molecule has 5 nitrogen and oxygen atoms in total. The van der Waals surface area contributed by atoms with Crippen LogP contribution in [0.4, 0.5) is 5.82 Å². The van der Waals surface area contributed by atoms with E-state index < -0.39 is 0 Å². The lowest BCUT2D eigenvalue weighted by atomic mass is 9.92. The van der Waals surface area contributed by atoms with Gasteiger partial charge in [-0.2, -0.15) is 5.10 Å². The van der Waals surface area contributed by atoms with Gasteiger partial charge in [0.05, 0.1) is 5.69 Å². The number of hydrogen-bond acceptors (Lipinski definition) is 5. The van der Waals surface area contributed by atoms with Crippen molar-refractivity contribution in [1.29, 1.82) is 0 Å². The first-order chi connectivity index (χ1) is 10.9. The fourth-order valence-corrected chi connectivity index (χ4v) is 3.33. The summed E-state index contributed by atoms with van der Waals surface area (Å²) in [4.78, 5) is 4.75. The second-order valence-corrected chi connectivity index (χ2v) is 8.28. The van der Waals surface area contributed by atoms with E-state index in [4.69, 9.17) is 0 Å². The summed E-state index contributed by atoms with van der Waals surface area (Å²) in [5.74, 6) is 1.77. The normalized spacial score (nSPS) is 21.5. The van der Waals surface area contributed by atoms with Gasteiger partial charge in [0.15, 0.2) is 5.82 Å². The van der Waals surface area contributed by atoms with E-state index in [9.17, 15) is 0 Å². The van der Waals surface area contributed by atoms with Gasteiger partial charge in [0.1, 0.15) is 0 Å². The van der Waals surface area contributed by atoms with E-state index in [1.807, 2.05) is 0 Å². The van der Waals surface area contributed by atoms with Crippen LogP contribution in [0.1, 0.15) is 39.3 Å². The molecule has 23 heavy (non-hydrogen) atoms. The maximum atomic E-state index is 4.41. The molecule has 1 N–H and O–H groups in total. The van der Waals surface area contributed by atoms with Crippen LogP contribution in [0.3, 0.4) is 0 Å². The Hall–Kier alpha value is -1.20. The molecule has 0 aliphatic carbocycles. The lowest BCUT2D eigenvalue weighted by Crippen LogP contribution is -2.53. The summed E-state index contributed by atoms with van der Waals surface area (Å²) in [7, 11) is 2.21. The molecule has 5 heteroatoms. The Balaban J connectivity index is 1.41. The van der Waals surface area contributed by atoms with Crippen molar-refractivity contribution in [1.82, 2.24) is 20.4 Å². The minimum Gasteiger partial charge on any atom is -0.354 e. The second-order valence-electron chi connectivity index (χ2n) is 8.28. The number of piperidine rings is 1. The minimum absolute atomic E-state index is 0.0704. The van der Waals surface area contributed by atoms with Crippen LogP contribution in [-0.4, -0.2) is 60.9 Å². The number of nitrogens with one attached hydrogen (secondary N) is 1. The van der Waals surface area contributed by atoms with Crippen LogP contribution in [0, 0.1) is 5.92 Å². The van der Waals surface area contributed by atoms with E-state index in [0.29, 0.717) is 6.04 Å². The molecular weight excluding hydrogens is 286 g/mol. The van der Waals surface area contributed by atoms with Crippen LogP contribution in [0.2, 0.25) is 0 Å². The zero-order valence-corrected chi connectivity index (χ0v) is 15.0. The Labute approximate surface area is 140 Å². The fourth-order valence-electron chi connectivity index (χ4n) is 3.33. The molecule has 2 fully saturated rings. The van der Waals surface area contributed by atoms with Crippen molar-refractivity contribution < 1.29 is 0 Å². The Kier molecular flexibility index (Phi) is 4.87. The van der Waals surface area contributed by atoms with Crippen molar-refractivity contribution in [2.75, 3.05) is 44.7 Å². The molecule has 1 aromatic heterocycles. The maximum Gasteiger partial charge on any atom is 0.151 e. The third-order valence-corrected chi connectivity index (χ3v) is 5.11. The Morgan fingerprint density at radius 1 is 1.13 bits per heavy atom.